The molecule has 0 aromatic heterocycles. The molecule has 1 N–H and O–H groups in total. The zero-order chi connectivity index (χ0) is 22.5. The first-order chi connectivity index (χ1) is 14.0. The van der Waals surface area contributed by atoms with Gasteiger partial charge in [0.2, 0.25) is 0 Å². The summed E-state index contributed by atoms with van der Waals surface area (Å²) in [5.41, 5.74) is 0.906. The third-order valence-corrected chi connectivity index (χ3v) is 8.32. The van der Waals surface area contributed by atoms with Crippen LogP contribution < -0.4 is 4.31 Å². The number of thioether (sulfide) groups is 1. The molecular weight excluding hydrogens is 461 g/mol. The summed E-state index contributed by atoms with van der Waals surface area (Å²) >= 11 is 14.0. The minimum absolute atomic E-state index is 0.145. The van der Waals surface area contributed by atoms with E-state index in [-0.39, 0.29) is 22.3 Å². The Hall–Kier alpha value is -0.920. The van der Waals surface area contributed by atoms with Gasteiger partial charge in [-0.2, -0.15) is 11.8 Å². The van der Waals surface area contributed by atoms with Crippen molar-refractivity contribution in [1.29, 1.82) is 0 Å². The van der Waals surface area contributed by atoms with Gasteiger partial charge in [0, 0.05) is 26.4 Å². The van der Waals surface area contributed by atoms with Gasteiger partial charge in [-0.05, 0) is 61.9 Å². The average molecular weight is 491 g/mol. The molecule has 0 amide bonds. The van der Waals surface area contributed by atoms with E-state index in [1.54, 1.807) is 30.3 Å². The molecule has 0 heterocycles. The summed E-state index contributed by atoms with van der Waals surface area (Å²) < 4.78 is 28.8. The van der Waals surface area contributed by atoms with Crippen molar-refractivity contribution in [2.75, 3.05) is 10.1 Å². The van der Waals surface area contributed by atoms with Gasteiger partial charge in [0.05, 0.1) is 17.2 Å². The van der Waals surface area contributed by atoms with Gasteiger partial charge in [-0.15, -0.1) is 0 Å². The highest BCUT2D eigenvalue weighted by molar-refractivity contribution is 8.00. The Morgan fingerprint density at radius 2 is 1.67 bits per heavy atom. The van der Waals surface area contributed by atoms with Crippen molar-refractivity contribution in [2.24, 2.45) is 0 Å². The minimum Gasteiger partial charge on any atom is -0.392 e. The molecule has 0 spiro atoms. The second kappa shape index (κ2) is 10.6. The molecule has 0 saturated heterocycles. The standard InChI is InChI=1S/C22H29Cl2NO3S2/c1-16(6-5-13-29-22(2,3)4)25(21-14-19(24)8-7-17(21)15-26)30(27,28)20-11-9-18(23)10-12-20/h7-12,14,16,26H,5-6,13,15H2,1-4H3/t16-/m1/s1. The van der Waals surface area contributed by atoms with Crippen molar-refractivity contribution in [3.63, 3.8) is 0 Å². The Morgan fingerprint density at radius 3 is 2.23 bits per heavy atom. The molecule has 0 aliphatic heterocycles. The lowest BCUT2D eigenvalue weighted by molar-refractivity contribution is 0.282. The number of hydrogen-bond acceptors (Lipinski definition) is 4. The average Bonchev–Trinajstić information content (AvgIpc) is 2.65. The first-order valence-corrected chi connectivity index (χ1v) is 13.0. The molecule has 2 rings (SSSR count). The van der Waals surface area contributed by atoms with Crippen molar-refractivity contribution in [2.45, 2.75) is 62.8 Å². The van der Waals surface area contributed by atoms with Crippen LogP contribution in [0.2, 0.25) is 10.0 Å². The van der Waals surface area contributed by atoms with Crippen molar-refractivity contribution < 1.29 is 13.5 Å². The number of halogens is 2. The van der Waals surface area contributed by atoms with Crippen LogP contribution in [-0.4, -0.2) is 30.1 Å². The molecule has 166 valence electrons. The largest absolute Gasteiger partial charge is 0.392 e. The van der Waals surface area contributed by atoms with Crippen LogP contribution in [0.3, 0.4) is 0 Å². The van der Waals surface area contributed by atoms with Crippen LogP contribution in [0, 0.1) is 0 Å². The van der Waals surface area contributed by atoms with E-state index >= 15 is 0 Å². The van der Waals surface area contributed by atoms with Crippen LogP contribution >= 0.6 is 35.0 Å². The number of sulfonamides is 1. The van der Waals surface area contributed by atoms with E-state index in [0.29, 0.717) is 27.7 Å². The van der Waals surface area contributed by atoms with Gasteiger partial charge in [0.25, 0.3) is 10.0 Å². The van der Waals surface area contributed by atoms with Crippen molar-refractivity contribution in [1.82, 2.24) is 0 Å². The molecule has 0 aliphatic carbocycles. The van der Waals surface area contributed by atoms with Gasteiger partial charge >= 0.3 is 0 Å². The van der Waals surface area contributed by atoms with E-state index < -0.39 is 10.0 Å². The first-order valence-electron chi connectivity index (χ1n) is 9.79. The number of hydrogen-bond donors (Lipinski definition) is 1. The number of benzene rings is 2. The van der Waals surface area contributed by atoms with E-state index in [2.05, 4.69) is 20.8 Å². The van der Waals surface area contributed by atoms with Gasteiger partial charge in [0.15, 0.2) is 0 Å². The Morgan fingerprint density at radius 1 is 1.07 bits per heavy atom. The number of aliphatic hydroxyl groups is 1. The Bertz CT molecular complexity index is 942. The quantitative estimate of drug-likeness (QED) is 0.415. The minimum atomic E-state index is -3.89. The van der Waals surface area contributed by atoms with Crippen molar-refractivity contribution in [3.8, 4) is 0 Å². The fourth-order valence-corrected chi connectivity index (χ4v) is 6.01. The molecule has 0 unspecified atom stereocenters. The highest BCUT2D eigenvalue weighted by Gasteiger charge is 2.31. The molecule has 0 radical (unpaired) electrons. The summed E-state index contributed by atoms with van der Waals surface area (Å²) in [5, 5.41) is 10.7. The van der Waals surface area contributed by atoms with Gasteiger partial charge < -0.3 is 5.11 Å². The van der Waals surface area contributed by atoms with Gasteiger partial charge in [-0.3, -0.25) is 4.31 Å². The van der Waals surface area contributed by atoms with Gasteiger partial charge in [-0.1, -0.05) is 50.0 Å². The maximum atomic E-state index is 13.6. The fourth-order valence-electron chi connectivity index (χ4n) is 3.07. The van der Waals surface area contributed by atoms with E-state index in [0.717, 1.165) is 12.2 Å². The second-order valence-electron chi connectivity index (χ2n) is 8.14. The molecule has 0 saturated carbocycles. The van der Waals surface area contributed by atoms with Crippen LogP contribution in [0.15, 0.2) is 47.4 Å². The van der Waals surface area contributed by atoms with E-state index in [1.165, 1.54) is 16.4 Å². The van der Waals surface area contributed by atoms with E-state index in [1.807, 2.05) is 18.7 Å². The van der Waals surface area contributed by atoms with Crippen LogP contribution in [-0.2, 0) is 16.6 Å². The molecule has 1 atom stereocenters. The predicted molar refractivity (Wildman–Crippen MR) is 129 cm³/mol. The third-order valence-electron chi connectivity index (χ3n) is 4.53. The smallest absolute Gasteiger partial charge is 0.264 e. The Kier molecular flexibility index (Phi) is 8.95. The lowest BCUT2D eigenvalue weighted by Crippen LogP contribution is -2.39. The van der Waals surface area contributed by atoms with Crippen LogP contribution in [0.1, 0.15) is 46.1 Å². The Labute approximate surface area is 194 Å². The van der Waals surface area contributed by atoms with E-state index in [4.69, 9.17) is 23.2 Å². The Balaban J connectivity index is 2.43. The van der Waals surface area contributed by atoms with Crippen LogP contribution in [0.4, 0.5) is 5.69 Å². The number of rotatable bonds is 9. The highest BCUT2D eigenvalue weighted by Crippen LogP contribution is 2.34. The number of aliphatic hydroxyl groups excluding tert-OH is 1. The summed E-state index contributed by atoms with van der Waals surface area (Å²) in [6.07, 6.45) is 1.54. The second-order valence-corrected chi connectivity index (χ2v) is 12.7. The molecule has 4 nitrogen and oxygen atoms in total. The first kappa shape index (κ1) is 25.3. The lowest BCUT2D eigenvalue weighted by atomic mass is 10.1. The van der Waals surface area contributed by atoms with Gasteiger partial charge in [0.1, 0.15) is 0 Å². The SMILES string of the molecule is C[C@H](CCCSC(C)(C)C)N(c1cc(Cl)ccc1CO)S(=O)(=O)c1ccc(Cl)cc1. The molecule has 8 heteroatoms. The molecule has 0 aliphatic rings. The van der Waals surface area contributed by atoms with Crippen LogP contribution in [0.25, 0.3) is 0 Å². The maximum Gasteiger partial charge on any atom is 0.264 e. The van der Waals surface area contributed by atoms with Crippen LogP contribution in [0.5, 0.6) is 0 Å². The third kappa shape index (κ3) is 6.79. The summed E-state index contributed by atoms with van der Waals surface area (Å²) in [5.74, 6) is 0.936. The summed E-state index contributed by atoms with van der Waals surface area (Å²) in [6, 6.07) is 10.7. The molecule has 30 heavy (non-hydrogen) atoms. The maximum absolute atomic E-state index is 13.6. The van der Waals surface area contributed by atoms with Gasteiger partial charge in [-0.25, -0.2) is 8.42 Å². The molecule has 0 bridgehead atoms. The zero-order valence-electron chi connectivity index (χ0n) is 17.7. The van der Waals surface area contributed by atoms with Crippen molar-refractivity contribution in [3.05, 3.63) is 58.1 Å². The monoisotopic (exact) mass is 489 g/mol. The normalized spacial score (nSPS) is 13.3. The topological polar surface area (TPSA) is 57.6 Å². The summed E-state index contributed by atoms with van der Waals surface area (Å²) in [7, 11) is -3.89. The van der Waals surface area contributed by atoms with Crippen molar-refractivity contribution >= 4 is 50.7 Å². The zero-order valence-corrected chi connectivity index (χ0v) is 20.9. The van der Waals surface area contributed by atoms with E-state index in [9.17, 15) is 13.5 Å². The summed E-state index contributed by atoms with van der Waals surface area (Å²) in [4.78, 5) is 0.145. The number of nitrogens with zero attached hydrogens (tertiary/aromatic N) is 1. The number of anilines is 1. The summed E-state index contributed by atoms with van der Waals surface area (Å²) in [6.45, 7) is 8.09. The lowest BCUT2D eigenvalue weighted by Gasteiger charge is -2.32. The molecular formula is C22H29Cl2NO3S2. The molecule has 2 aromatic rings. The molecule has 0 fully saturated rings. The fraction of sp³-hybridized carbons (Fsp3) is 0.455. The highest BCUT2D eigenvalue weighted by atomic mass is 35.5. The predicted octanol–water partition coefficient (Wildman–Crippen LogP) is 6.38. The molecule has 2 aromatic carbocycles.